The van der Waals surface area contributed by atoms with Crippen LogP contribution in [0.3, 0.4) is 0 Å². The standard InChI is InChI=1S/C15H19NO4/c1-10-4-2-3-5-12(10)13(15(19)20)16-8-6-11(7-9-16)14(17)18/h2-5,11,13H,6-9H2,1H3,(H,17,18)(H,19,20). The second kappa shape index (κ2) is 6.05. The quantitative estimate of drug-likeness (QED) is 0.879. The number of nitrogens with zero attached hydrogens (tertiary/aromatic N) is 1. The summed E-state index contributed by atoms with van der Waals surface area (Å²) in [6.07, 6.45) is 1.01. The van der Waals surface area contributed by atoms with Crippen molar-refractivity contribution >= 4 is 11.9 Å². The SMILES string of the molecule is Cc1ccccc1C(C(=O)O)N1CCC(C(=O)O)CC1. The van der Waals surface area contributed by atoms with Crippen LogP contribution in [0.1, 0.15) is 30.0 Å². The Kier molecular flexibility index (Phi) is 4.39. The van der Waals surface area contributed by atoms with Gasteiger partial charge in [0, 0.05) is 13.1 Å². The van der Waals surface area contributed by atoms with E-state index in [0.29, 0.717) is 25.9 Å². The Bertz CT molecular complexity index is 506. The summed E-state index contributed by atoms with van der Waals surface area (Å²) in [5, 5.41) is 18.5. The second-order valence-electron chi connectivity index (χ2n) is 5.25. The Labute approximate surface area is 117 Å². The molecule has 0 amide bonds. The predicted octanol–water partition coefficient (Wildman–Crippen LogP) is 1.92. The smallest absolute Gasteiger partial charge is 0.325 e. The zero-order chi connectivity index (χ0) is 14.7. The summed E-state index contributed by atoms with van der Waals surface area (Å²) in [5.41, 5.74) is 1.73. The van der Waals surface area contributed by atoms with Gasteiger partial charge in [0.2, 0.25) is 0 Å². The lowest BCUT2D eigenvalue weighted by Gasteiger charge is -2.35. The summed E-state index contributed by atoms with van der Waals surface area (Å²) >= 11 is 0. The fourth-order valence-corrected chi connectivity index (χ4v) is 2.78. The minimum absolute atomic E-state index is 0.349. The molecule has 20 heavy (non-hydrogen) atoms. The lowest BCUT2D eigenvalue weighted by molar-refractivity contribution is -0.146. The number of rotatable bonds is 4. The fraction of sp³-hybridized carbons (Fsp3) is 0.467. The zero-order valence-electron chi connectivity index (χ0n) is 11.5. The van der Waals surface area contributed by atoms with Gasteiger partial charge < -0.3 is 10.2 Å². The number of hydrogen-bond acceptors (Lipinski definition) is 3. The molecule has 5 nitrogen and oxygen atoms in total. The molecule has 0 aliphatic carbocycles. The van der Waals surface area contributed by atoms with E-state index in [2.05, 4.69) is 0 Å². The molecule has 0 radical (unpaired) electrons. The van der Waals surface area contributed by atoms with Crippen LogP contribution in [-0.4, -0.2) is 40.1 Å². The van der Waals surface area contributed by atoms with Gasteiger partial charge in [0.25, 0.3) is 0 Å². The molecule has 0 spiro atoms. The normalized spacial score (nSPS) is 18.6. The van der Waals surface area contributed by atoms with Crippen molar-refractivity contribution < 1.29 is 19.8 Å². The molecule has 2 N–H and O–H groups in total. The van der Waals surface area contributed by atoms with Crippen molar-refractivity contribution in [3.63, 3.8) is 0 Å². The van der Waals surface area contributed by atoms with Crippen LogP contribution in [0.4, 0.5) is 0 Å². The van der Waals surface area contributed by atoms with E-state index in [9.17, 15) is 14.7 Å². The molecule has 1 saturated heterocycles. The van der Waals surface area contributed by atoms with E-state index in [-0.39, 0.29) is 5.92 Å². The molecule has 1 fully saturated rings. The first kappa shape index (κ1) is 14.5. The maximum atomic E-state index is 11.6. The van der Waals surface area contributed by atoms with Crippen molar-refractivity contribution in [3.8, 4) is 0 Å². The van der Waals surface area contributed by atoms with Crippen LogP contribution >= 0.6 is 0 Å². The number of carboxylic acid groups (broad SMARTS) is 2. The monoisotopic (exact) mass is 277 g/mol. The molecule has 2 rings (SSSR count). The van der Waals surface area contributed by atoms with E-state index >= 15 is 0 Å². The molecular weight excluding hydrogens is 258 g/mol. The van der Waals surface area contributed by atoms with Gasteiger partial charge in [-0.15, -0.1) is 0 Å². The molecule has 1 unspecified atom stereocenters. The molecule has 1 atom stereocenters. The average Bonchev–Trinajstić information content (AvgIpc) is 2.41. The van der Waals surface area contributed by atoms with Gasteiger partial charge in [0.05, 0.1) is 5.92 Å². The summed E-state index contributed by atoms with van der Waals surface area (Å²) in [5.74, 6) is -2.02. The van der Waals surface area contributed by atoms with Gasteiger partial charge in [0.1, 0.15) is 6.04 Å². The maximum Gasteiger partial charge on any atom is 0.325 e. The minimum atomic E-state index is -0.881. The lowest BCUT2D eigenvalue weighted by Crippen LogP contribution is -2.41. The van der Waals surface area contributed by atoms with Crippen LogP contribution in [0.5, 0.6) is 0 Å². The highest BCUT2D eigenvalue weighted by Crippen LogP contribution is 2.29. The van der Waals surface area contributed by atoms with Gasteiger partial charge in [-0.3, -0.25) is 14.5 Å². The Hall–Kier alpha value is -1.88. The predicted molar refractivity (Wildman–Crippen MR) is 73.5 cm³/mol. The van der Waals surface area contributed by atoms with Crippen molar-refractivity contribution in [2.75, 3.05) is 13.1 Å². The van der Waals surface area contributed by atoms with Gasteiger partial charge in [0.15, 0.2) is 0 Å². The molecular formula is C15H19NO4. The summed E-state index contributed by atoms with van der Waals surface area (Å²) in [6, 6.07) is 6.76. The number of aliphatic carboxylic acids is 2. The van der Waals surface area contributed by atoms with E-state index in [0.717, 1.165) is 11.1 Å². The van der Waals surface area contributed by atoms with Crippen molar-refractivity contribution in [1.82, 2.24) is 4.90 Å². The third kappa shape index (κ3) is 2.99. The van der Waals surface area contributed by atoms with Crippen LogP contribution in [-0.2, 0) is 9.59 Å². The molecule has 5 heteroatoms. The van der Waals surface area contributed by atoms with E-state index in [1.54, 1.807) is 0 Å². The van der Waals surface area contributed by atoms with Crippen molar-refractivity contribution in [2.45, 2.75) is 25.8 Å². The number of piperidine rings is 1. The molecule has 108 valence electrons. The highest BCUT2D eigenvalue weighted by atomic mass is 16.4. The highest BCUT2D eigenvalue weighted by molar-refractivity contribution is 5.76. The zero-order valence-corrected chi connectivity index (χ0v) is 11.5. The number of aryl methyl sites for hydroxylation is 1. The topological polar surface area (TPSA) is 77.8 Å². The Morgan fingerprint density at radius 3 is 2.30 bits per heavy atom. The van der Waals surface area contributed by atoms with Crippen LogP contribution < -0.4 is 0 Å². The first-order valence-electron chi connectivity index (χ1n) is 6.76. The van der Waals surface area contributed by atoms with Crippen molar-refractivity contribution in [2.24, 2.45) is 5.92 Å². The lowest BCUT2D eigenvalue weighted by atomic mass is 9.93. The van der Waals surface area contributed by atoms with Crippen LogP contribution in [0.15, 0.2) is 24.3 Å². The van der Waals surface area contributed by atoms with E-state index in [4.69, 9.17) is 5.11 Å². The molecule has 0 saturated carbocycles. The summed E-state index contributed by atoms with van der Waals surface area (Å²) < 4.78 is 0. The molecule has 1 aromatic rings. The second-order valence-corrected chi connectivity index (χ2v) is 5.25. The number of carbonyl (C=O) groups is 2. The van der Waals surface area contributed by atoms with Crippen LogP contribution in [0.2, 0.25) is 0 Å². The van der Waals surface area contributed by atoms with Crippen LogP contribution in [0.25, 0.3) is 0 Å². The molecule has 0 aromatic heterocycles. The van der Waals surface area contributed by atoms with Gasteiger partial charge in [-0.2, -0.15) is 0 Å². The van der Waals surface area contributed by atoms with Gasteiger partial charge in [-0.25, -0.2) is 0 Å². The third-order valence-corrected chi connectivity index (χ3v) is 3.96. The Morgan fingerprint density at radius 2 is 1.80 bits per heavy atom. The summed E-state index contributed by atoms with van der Waals surface area (Å²) in [7, 11) is 0. The maximum absolute atomic E-state index is 11.6. The number of carboxylic acids is 2. The highest BCUT2D eigenvalue weighted by Gasteiger charge is 2.33. The largest absolute Gasteiger partial charge is 0.481 e. The van der Waals surface area contributed by atoms with Gasteiger partial charge in [-0.05, 0) is 30.9 Å². The van der Waals surface area contributed by atoms with Gasteiger partial charge in [-0.1, -0.05) is 24.3 Å². The molecule has 1 aliphatic rings. The van der Waals surface area contributed by atoms with E-state index < -0.39 is 18.0 Å². The van der Waals surface area contributed by atoms with Crippen molar-refractivity contribution in [3.05, 3.63) is 35.4 Å². The molecule has 1 aliphatic heterocycles. The van der Waals surface area contributed by atoms with E-state index in [1.807, 2.05) is 36.1 Å². The Morgan fingerprint density at radius 1 is 1.20 bits per heavy atom. The summed E-state index contributed by atoms with van der Waals surface area (Å²) in [6.45, 7) is 2.90. The number of likely N-dealkylation sites (tertiary alicyclic amines) is 1. The fourth-order valence-electron chi connectivity index (χ4n) is 2.78. The van der Waals surface area contributed by atoms with Crippen LogP contribution in [0, 0.1) is 12.8 Å². The molecule has 1 heterocycles. The molecule has 1 aromatic carbocycles. The van der Waals surface area contributed by atoms with E-state index in [1.165, 1.54) is 0 Å². The number of hydrogen-bond donors (Lipinski definition) is 2. The van der Waals surface area contributed by atoms with Crippen molar-refractivity contribution in [1.29, 1.82) is 0 Å². The summed E-state index contributed by atoms with van der Waals surface area (Å²) in [4.78, 5) is 24.4. The first-order chi connectivity index (χ1) is 9.50. The first-order valence-corrected chi connectivity index (χ1v) is 6.76. The minimum Gasteiger partial charge on any atom is -0.481 e. The third-order valence-electron chi connectivity index (χ3n) is 3.96. The Balaban J connectivity index is 2.18. The molecule has 0 bridgehead atoms. The number of benzene rings is 1. The van der Waals surface area contributed by atoms with Gasteiger partial charge >= 0.3 is 11.9 Å². The average molecular weight is 277 g/mol.